The largest absolute Gasteiger partial charge is 0.383 e. The van der Waals surface area contributed by atoms with Gasteiger partial charge in [-0.15, -0.1) is 11.3 Å². The fraction of sp³-hybridized carbons (Fsp3) is 0.400. The zero-order valence-corrected chi connectivity index (χ0v) is 11.9. The van der Waals surface area contributed by atoms with Gasteiger partial charge in [-0.05, 0) is 25.3 Å². The number of aromatic nitrogens is 1. The maximum Gasteiger partial charge on any atom is 0.137 e. The molecule has 100 valence electrons. The Morgan fingerprint density at radius 2 is 1.89 bits per heavy atom. The molecule has 0 unspecified atom stereocenters. The molecule has 1 fully saturated rings. The highest BCUT2D eigenvalue weighted by atomic mass is 32.1. The molecule has 0 radical (unpaired) electrons. The first kappa shape index (κ1) is 12.6. The lowest BCUT2D eigenvalue weighted by Crippen LogP contribution is -2.34. The second kappa shape index (κ2) is 4.94. The Labute approximate surface area is 117 Å². The van der Waals surface area contributed by atoms with E-state index in [-0.39, 0.29) is 5.41 Å². The van der Waals surface area contributed by atoms with Crippen LogP contribution in [0.1, 0.15) is 28.3 Å². The third-order valence-corrected chi connectivity index (χ3v) is 5.11. The van der Waals surface area contributed by atoms with Crippen molar-refractivity contribution in [2.75, 3.05) is 18.9 Å². The van der Waals surface area contributed by atoms with Gasteiger partial charge in [-0.2, -0.15) is 0 Å². The molecular weight excluding hydrogens is 256 g/mol. The summed E-state index contributed by atoms with van der Waals surface area (Å²) in [4.78, 5) is 5.73. The molecule has 2 aromatic rings. The summed E-state index contributed by atoms with van der Waals surface area (Å²) in [6, 6.07) is 10.6. The van der Waals surface area contributed by atoms with Gasteiger partial charge in [0.15, 0.2) is 0 Å². The Bertz CT molecular complexity index is 539. The Kier molecular flexibility index (Phi) is 3.29. The highest BCUT2D eigenvalue weighted by molar-refractivity contribution is 7.12. The highest BCUT2D eigenvalue weighted by Gasteiger charge is 2.39. The van der Waals surface area contributed by atoms with Crippen molar-refractivity contribution in [1.29, 1.82) is 0 Å². The SMILES string of the molecule is Cc1sc(C2(c3ccccc3)CCOCC2)nc1N. The van der Waals surface area contributed by atoms with Crippen LogP contribution in [0.4, 0.5) is 5.82 Å². The molecule has 1 aromatic carbocycles. The summed E-state index contributed by atoms with van der Waals surface area (Å²) in [6.45, 7) is 3.61. The second-order valence-corrected chi connectivity index (χ2v) is 6.22. The van der Waals surface area contributed by atoms with E-state index in [1.165, 1.54) is 5.56 Å². The number of nitrogens with two attached hydrogens (primary N) is 1. The molecule has 2 heterocycles. The Morgan fingerprint density at radius 1 is 1.21 bits per heavy atom. The third kappa shape index (κ3) is 2.15. The number of thiazole rings is 1. The fourth-order valence-corrected chi connectivity index (χ4v) is 3.82. The van der Waals surface area contributed by atoms with Crippen molar-refractivity contribution in [2.24, 2.45) is 0 Å². The second-order valence-electron chi connectivity index (χ2n) is 5.02. The van der Waals surface area contributed by atoms with Gasteiger partial charge in [-0.1, -0.05) is 30.3 Å². The Balaban J connectivity index is 2.11. The topological polar surface area (TPSA) is 48.1 Å². The number of aryl methyl sites for hydroxylation is 1. The average Bonchev–Trinajstić information content (AvgIpc) is 2.81. The molecule has 0 bridgehead atoms. The van der Waals surface area contributed by atoms with Crippen molar-refractivity contribution in [3.63, 3.8) is 0 Å². The van der Waals surface area contributed by atoms with Gasteiger partial charge in [-0.25, -0.2) is 4.98 Å². The molecule has 1 aliphatic heterocycles. The summed E-state index contributed by atoms with van der Waals surface area (Å²) < 4.78 is 5.55. The summed E-state index contributed by atoms with van der Waals surface area (Å²) in [5, 5.41) is 1.14. The van der Waals surface area contributed by atoms with Crippen LogP contribution in [0.25, 0.3) is 0 Å². The van der Waals surface area contributed by atoms with Gasteiger partial charge in [0.25, 0.3) is 0 Å². The summed E-state index contributed by atoms with van der Waals surface area (Å²) in [7, 11) is 0. The van der Waals surface area contributed by atoms with Crippen LogP contribution in [0, 0.1) is 6.92 Å². The lowest BCUT2D eigenvalue weighted by molar-refractivity contribution is 0.0630. The molecule has 2 N–H and O–H groups in total. The van der Waals surface area contributed by atoms with E-state index < -0.39 is 0 Å². The van der Waals surface area contributed by atoms with Crippen molar-refractivity contribution in [1.82, 2.24) is 4.98 Å². The Hall–Kier alpha value is -1.39. The van der Waals surface area contributed by atoms with Gasteiger partial charge in [0.1, 0.15) is 10.8 Å². The molecule has 3 nitrogen and oxygen atoms in total. The average molecular weight is 274 g/mol. The number of anilines is 1. The number of hydrogen-bond acceptors (Lipinski definition) is 4. The number of ether oxygens (including phenoxy) is 1. The van der Waals surface area contributed by atoms with Crippen LogP contribution >= 0.6 is 11.3 Å². The van der Waals surface area contributed by atoms with E-state index in [2.05, 4.69) is 35.3 Å². The van der Waals surface area contributed by atoms with Gasteiger partial charge in [0, 0.05) is 18.1 Å². The van der Waals surface area contributed by atoms with Crippen LogP contribution in [0.2, 0.25) is 0 Å². The van der Waals surface area contributed by atoms with Crippen LogP contribution in [0.15, 0.2) is 30.3 Å². The lowest BCUT2D eigenvalue weighted by atomic mass is 9.75. The summed E-state index contributed by atoms with van der Waals surface area (Å²) >= 11 is 1.72. The molecular formula is C15H18N2OS. The molecule has 0 amide bonds. The van der Waals surface area contributed by atoms with E-state index in [1.54, 1.807) is 11.3 Å². The maximum atomic E-state index is 5.95. The number of nitrogen functional groups attached to an aromatic ring is 1. The molecule has 1 saturated heterocycles. The van der Waals surface area contributed by atoms with E-state index in [0.717, 1.165) is 35.9 Å². The van der Waals surface area contributed by atoms with E-state index in [0.29, 0.717) is 5.82 Å². The van der Waals surface area contributed by atoms with E-state index in [9.17, 15) is 0 Å². The molecule has 0 aliphatic carbocycles. The third-order valence-electron chi connectivity index (χ3n) is 3.91. The summed E-state index contributed by atoms with van der Waals surface area (Å²) in [5.74, 6) is 0.668. The first-order chi connectivity index (χ1) is 9.22. The van der Waals surface area contributed by atoms with Crippen molar-refractivity contribution < 1.29 is 4.74 Å². The van der Waals surface area contributed by atoms with E-state index in [4.69, 9.17) is 10.5 Å². The van der Waals surface area contributed by atoms with Crippen LogP contribution < -0.4 is 5.73 Å². The van der Waals surface area contributed by atoms with E-state index in [1.807, 2.05) is 6.92 Å². The van der Waals surface area contributed by atoms with Crippen molar-refractivity contribution in [3.05, 3.63) is 45.8 Å². The predicted octanol–water partition coefficient (Wildman–Crippen LogP) is 3.13. The first-order valence-electron chi connectivity index (χ1n) is 6.59. The van der Waals surface area contributed by atoms with Crippen LogP contribution in [0.5, 0.6) is 0 Å². The lowest BCUT2D eigenvalue weighted by Gasteiger charge is -2.36. The molecule has 1 aliphatic rings. The quantitative estimate of drug-likeness (QED) is 0.915. The highest BCUT2D eigenvalue weighted by Crippen LogP contribution is 2.43. The normalized spacial score (nSPS) is 18.4. The molecule has 0 saturated carbocycles. The van der Waals surface area contributed by atoms with Crippen LogP contribution in [0.3, 0.4) is 0 Å². The first-order valence-corrected chi connectivity index (χ1v) is 7.41. The van der Waals surface area contributed by atoms with Gasteiger partial charge in [-0.3, -0.25) is 0 Å². The van der Waals surface area contributed by atoms with Gasteiger partial charge >= 0.3 is 0 Å². The zero-order chi connectivity index (χ0) is 13.3. The fourth-order valence-electron chi connectivity index (χ4n) is 2.72. The zero-order valence-electron chi connectivity index (χ0n) is 11.1. The minimum atomic E-state index is -0.0213. The number of benzene rings is 1. The molecule has 3 rings (SSSR count). The van der Waals surface area contributed by atoms with Crippen molar-refractivity contribution in [3.8, 4) is 0 Å². The molecule has 0 atom stereocenters. The molecule has 1 aromatic heterocycles. The van der Waals surface area contributed by atoms with Gasteiger partial charge in [0.2, 0.25) is 0 Å². The van der Waals surface area contributed by atoms with Gasteiger partial charge in [0.05, 0.1) is 5.41 Å². The Morgan fingerprint density at radius 3 is 2.47 bits per heavy atom. The minimum absolute atomic E-state index is 0.0213. The molecule has 4 heteroatoms. The standard InChI is InChI=1S/C15H18N2OS/c1-11-13(16)17-14(19-11)15(7-9-18-10-8-15)12-5-3-2-4-6-12/h2-6H,7-10,16H2,1H3. The van der Waals surface area contributed by atoms with Gasteiger partial charge < -0.3 is 10.5 Å². The number of hydrogen-bond donors (Lipinski definition) is 1. The minimum Gasteiger partial charge on any atom is -0.383 e. The number of rotatable bonds is 2. The predicted molar refractivity (Wildman–Crippen MR) is 78.5 cm³/mol. The smallest absolute Gasteiger partial charge is 0.137 e. The van der Waals surface area contributed by atoms with Crippen LogP contribution in [-0.2, 0) is 10.2 Å². The number of nitrogens with zero attached hydrogens (tertiary/aromatic N) is 1. The van der Waals surface area contributed by atoms with E-state index >= 15 is 0 Å². The summed E-state index contributed by atoms with van der Waals surface area (Å²) in [6.07, 6.45) is 1.95. The van der Waals surface area contributed by atoms with Crippen LogP contribution in [-0.4, -0.2) is 18.2 Å². The molecule has 0 spiro atoms. The monoisotopic (exact) mass is 274 g/mol. The summed E-state index contributed by atoms with van der Waals surface area (Å²) in [5.41, 5.74) is 7.26. The molecule has 19 heavy (non-hydrogen) atoms. The maximum absolute atomic E-state index is 5.95. The van der Waals surface area contributed by atoms with Crippen molar-refractivity contribution in [2.45, 2.75) is 25.2 Å². The van der Waals surface area contributed by atoms with Crippen molar-refractivity contribution >= 4 is 17.2 Å².